The normalized spacial score (nSPS) is 14.1. The minimum absolute atomic E-state index is 0.0977. The lowest BCUT2D eigenvalue weighted by molar-refractivity contribution is -0.140. The van der Waals surface area contributed by atoms with Crippen LogP contribution >= 0.6 is 12.6 Å². The highest BCUT2D eigenvalue weighted by atomic mass is 32.1. The minimum Gasteiger partial charge on any atom is -0.357 e. The van der Waals surface area contributed by atoms with Gasteiger partial charge < -0.3 is 10.6 Å². The Bertz CT molecular complexity index is 625. The second-order valence-corrected chi connectivity index (χ2v) is 7.23. The SMILES string of the molecule is CNC(=O)[C@H](Cc1ccccc1)NC(=O)[C@H](CC(C)C)[C@@H](CS)C(=O)NO. The van der Waals surface area contributed by atoms with Crippen LogP contribution in [0, 0.1) is 17.8 Å². The number of amides is 3. The molecule has 4 N–H and O–H groups in total. The van der Waals surface area contributed by atoms with E-state index < -0.39 is 29.7 Å². The molecular weight excluding hydrogens is 366 g/mol. The van der Waals surface area contributed by atoms with Crippen LogP contribution in [-0.4, -0.2) is 41.8 Å². The molecule has 1 aromatic carbocycles. The minimum atomic E-state index is -0.803. The number of carbonyl (C=O) groups excluding carboxylic acids is 3. The van der Waals surface area contributed by atoms with Crippen molar-refractivity contribution in [2.45, 2.75) is 32.7 Å². The van der Waals surface area contributed by atoms with E-state index in [2.05, 4.69) is 23.3 Å². The van der Waals surface area contributed by atoms with Crippen LogP contribution in [0.1, 0.15) is 25.8 Å². The van der Waals surface area contributed by atoms with Crippen LogP contribution in [-0.2, 0) is 20.8 Å². The van der Waals surface area contributed by atoms with Gasteiger partial charge in [-0.15, -0.1) is 0 Å². The van der Waals surface area contributed by atoms with Crippen molar-refractivity contribution < 1.29 is 19.6 Å². The van der Waals surface area contributed by atoms with Gasteiger partial charge >= 0.3 is 0 Å². The molecule has 0 spiro atoms. The molecule has 3 amide bonds. The molecule has 3 atom stereocenters. The van der Waals surface area contributed by atoms with E-state index in [0.717, 1.165) is 5.56 Å². The largest absolute Gasteiger partial charge is 0.357 e. The summed E-state index contributed by atoms with van der Waals surface area (Å²) in [6.07, 6.45) is 0.759. The zero-order valence-electron chi connectivity index (χ0n) is 15.9. The summed E-state index contributed by atoms with van der Waals surface area (Å²) in [6.45, 7) is 3.87. The number of hydrogen-bond acceptors (Lipinski definition) is 5. The molecule has 0 bridgehead atoms. The molecule has 1 aromatic rings. The summed E-state index contributed by atoms with van der Waals surface area (Å²) in [5.41, 5.74) is 2.51. The molecule has 0 unspecified atom stereocenters. The molecule has 150 valence electrons. The highest BCUT2D eigenvalue weighted by Gasteiger charge is 2.35. The molecule has 8 heteroatoms. The van der Waals surface area contributed by atoms with Gasteiger partial charge in [-0.2, -0.15) is 12.6 Å². The summed E-state index contributed by atoms with van der Waals surface area (Å²) < 4.78 is 0. The topological polar surface area (TPSA) is 108 Å². The van der Waals surface area contributed by atoms with E-state index in [1.807, 2.05) is 44.2 Å². The number of carbonyl (C=O) groups is 3. The third kappa shape index (κ3) is 7.22. The second-order valence-electron chi connectivity index (χ2n) is 6.87. The van der Waals surface area contributed by atoms with Crippen molar-refractivity contribution in [3.05, 3.63) is 35.9 Å². The lowest BCUT2D eigenvalue weighted by Gasteiger charge is -2.27. The second kappa shape index (κ2) is 11.6. The maximum atomic E-state index is 12.9. The van der Waals surface area contributed by atoms with E-state index in [9.17, 15) is 14.4 Å². The Kier molecular flexibility index (Phi) is 9.88. The van der Waals surface area contributed by atoms with Gasteiger partial charge in [0, 0.05) is 19.2 Å². The van der Waals surface area contributed by atoms with E-state index in [0.29, 0.717) is 12.8 Å². The van der Waals surface area contributed by atoms with Crippen molar-refractivity contribution in [1.29, 1.82) is 0 Å². The number of hydrogen-bond donors (Lipinski definition) is 5. The fourth-order valence-electron chi connectivity index (χ4n) is 2.95. The molecule has 0 aromatic heterocycles. The van der Waals surface area contributed by atoms with E-state index in [1.165, 1.54) is 7.05 Å². The number of thiol groups is 1. The maximum absolute atomic E-state index is 12.9. The first-order chi connectivity index (χ1) is 12.8. The van der Waals surface area contributed by atoms with Gasteiger partial charge in [-0.3, -0.25) is 19.6 Å². The molecule has 0 saturated heterocycles. The van der Waals surface area contributed by atoms with Crippen LogP contribution in [0.2, 0.25) is 0 Å². The van der Waals surface area contributed by atoms with Crippen LogP contribution in [0.4, 0.5) is 0 Å². The molecule has 0 fully saturated rings. The highest BCUT2D eigenvalue weighted by molar-refractivity contribution is 7.80. The van der Waals surface area contributed by atoms with Crippen molar-refractivity contribution in [3.8, 4) is 0 Å². The van der Waals surface area contributed by atoms with E-state index in [4.69, 9.17) is 5.21 Å². The average molecular weight is 396 g/mol. The first-order valence-electron chi connectivity index (χ1n) is 8.94. The number of benzene rings is 1. The van der Waals surface area contributed by atoms with Crippen molar-refractivity contribution >= 4 is 30.4 Å². The van der Waals surface area contributed by atoms with Crippen LogP contribution in [0.15, 0.2) is 30.3 Å². The van der Waals surface area contributed by atoms with Gasteiger partial charge in [-0.05, 0) is 17.9 Å². The van der Waals surface area contributed by atoms with Gasteiger partial charge in [0.1, 0.15) is 6.04 Å². The van der Waals surface area contributed by atoms with E-state index in [-0.39, 0.29) is 17.6 Å². The van der Waals surface area contributed by atoms with E-state index >= 15 is 0 Å². The smallest absolute Gasteiger partial charge is 0.248 e. The Morgan fingerprint density at radius 2 is 1.67 bits per heavy atom. The summed E-state index contributed by atoms with van der Waals surface area (Å²) in [4.78, 5) is 37.2. The van der Waals surface area contributed by atoms with Crippen LogP contribution in [0.5, 0.6) is 0 Å². The van der Waals surface area contributed by atoms with Gasteiger partial charge in [0.2, 0.25) is 17.7 Å². The van der Waals surface area contributed by atoms with Crippen LogP contribution < -0.4 is 16.1 Å². The first kappa shape index (κ1) is 23.0. The van der Waals surface area contributed by atoms with Crippen molar-refractivity contribution in [2.24, 2.45) is 17.8 Å². The molecule has 0 aliphatic heterocycles. The zero-order chi connectivity index (χ0) is 20.4. The molecule has 0 aliphatic carbocycles. The number of nitrogens with one attached hydrogen (secondary N) is 3. The monoisotopic (exact) mass is 395 g/mol. The Labute approximate surface area is 165 Å². The zero-order valence-corrected chi connectivity index (χ0v) is 16.8. The number of hydroxylamine groups is 1. The molecule has 0 saturated carbocycles. The first-order valence-corrected chi connectivity index (χ1v) is 9.57. The van der Waals surface area contributed by atoms with Crippen molar-refractivity contribution in [2.75, 3.05) is 12.8 Å². The van der Waals surface area contributed by atoms with Gasteiger partial charge in [-0.1, -0.05) is 44.2 Å². The third-order valence-electron chi connectivity index (χ3n) is 4.35. The van der Waals surface area contributed by atoms with Crippen molar-refractivity contribution in [1.82, 2.24) is 16.1 Å². The summed E-state index contributed by atoms with van der Waals surface area (Å²) in [6, 6.07) is 8.59. The lowest BCUT2D eigenvalue weighted by atomic mass is 9.84. The number of likely N-dealkylation sites (N-methyl/N-ethyl adjacent to an activating group) is 1. The van der Waals surface area contributed by atoms with Crippen LogP contribution in [0.25, 0.3) is 0 Å². The standard InChI is InChI=1S/C19H29N3O4S/c1-12(2)9-14(15(11-27)18(24)22-26)17(23)21-16(19(25)20-3)10-13-7-5-4-6-8-13/h4-8,12,14-16,26-27H,9-11H2,1-3H3,(H,20,25)(H,21,23)(H,22,24)/t14-,15-,16+/m1/s1. The Hall–Kier alpha value is -2.06. The maximum Gasteiger partial charge on any atom is 0.248 e. The predicted molar refractivity (Wildman–Crippen MR) is 106 cm³/mol. The van der Waals surface area contributed by atoms with Gasteiger partial charge in [0.25, 0.3) is 0 Å². The Morgan fingerprint density at radius 1 is 1.04 bits per heavy atom. The average Bonchev–Trinajstić information content (AvgIpc) is 2.66. The van der Waals surface area contributed by atoms with Gasteiger partial charge in [0.15, 0.2) is 0 Å². The summed E-state index contributed by atoms with van der Waals surface area (Å²) in [5.74, 6) is -2.66. The summed E-state index contributed by atoms with van der Waals surface area (Å²) in [7, 11) is 1.51. The Balaban J connectivity index is 3.02. The van der Waals surface area contributed by atoms with Gasteiger partial charge in [0.05, 0.1) is 11.8 Å². The van der Waals surface area contributed by atoms with E-state index in [1.54, 1.807) is 5.48 Å². The molecule has 27 heavy (non-hydrogen) atoms. The number of rotatable bonds is 10. The lowest BCUT2D eigenvalue weighted by Crippen LogP contribution is -2.51. The molecule has 1 rings (SSSR count). The fraction of sp³-hybridized carbons (Fsp3) is 0.526. The van der Waals surface area contributed by atoms with Crippen molar-refractivity contribution in [3.63, 3.8) is 0 Å². The fourth-order valence-corrected chi connectivity index (χ4v) is 3.37. The quantitative estimate of drug-likeness (QED) is 0.233. The predicted octanol–water partition coefficient (Wildman–Crippen LogP) is 1.17. The third-order valence-corrected chi connectivity index (χ3v) is 4.75. The summed E-state index contributed by atoms with van der Waals surface area (Å²) in [5, 5.41) is 14.3. The summed E-state index contributed by atoms with van der Waals surface area (Å²) >= 11 is 4.16. The molecule has 7 nitrogen and oxygen atoms in total. The molecule has 0 aliphatic rings. The molecule has 0 radical (unpaired) electrons. The molecular formula is C19H29N3O4S. The molecule has 0 heterocycles. The van der Waals surface area contributed by atoms with Crippen LogP contribution in [0.3, 0.4) is 0 Å². The van der Waals surface area contributed by atoms with Gasteiger partial charge in [-0.25, -0.2) is 5.48 Å². The highest BCUT2D eigenvalue weighted by Crippen LogP contribution is 2.23. The Morgan fingerprint density at radius 3 is 2.15 bits per heavy atom.